The van der Waals surface area contributed by atoms with Crippen molar-refractivity contribution in [2.45, 2.75) is 11.3 Å². The Morgan fingerprint density at radius 1 is 1.42 bits per heavy atom. The summed E-state index contributed by atoms with van der Waals surface area (Å²) in [6.07, 6.45) is 0.337. The maximum Gasteiger partial charge on any atom is 0.307 e. The van der Waals surface area contributed by atoms with Gasteiger partial charge in [0.2, 0.25) is 10.0 Å². The van der Waals surface area contributed by atoms with E-state index < -0.39 is 21.9 Å². The Labute approximate surface area is 111 Å². The molecule has 1 aliphatic rings. The second-order valence-corrected chi connectivity index (χ2v) is 6.24. The molecule has 104 valence electrons. The van der Waals surface area contributed by atoms with Crippen LogP contribution in [-0.2, 0) is 14.8 Å². The maximum absolute atomic E-state index is 12.4. The largest absolute Gasteiger partial charge is 0.495 e. The molecule has 1 aliphatic heterocycles. The number of sulfonamides is 1. The molecule has 1 aromatic carbocycles. The third-order valence-electron chi connectivity index (χ3n) is 3.19. The Balaban J connectivity index is 2.31. The lowest BCUT2D eigenvalue weighted by Crippen LogP contribution is -2.30. The molecular weight excluding hydrogens is 270 g/mol. The molecule has 1 aromatic rings. The summed E-state index contributed by atoms with van der Waals surface area (Å²) >= 11 is 0. The number of carboxylic acids is 1. The highest BCUT2D eigenvalue weighted by Gasteiger charge is 2.36. The zero-order valence-corrected chi connectivity index (χ0v) is 11.3. The molecule has 0 spiro atoms. The minimum Gasteiger partial charge on any atom is -0.495 e. The van der Waals surface area contributed by atoms with Crippen molar-refractivity contribution in [1.29, 1.82) is 0 Å². The number of hydrogen-bond acceptors (Lipinski definition) is 4. The molecule has 0 amide bonds. The number of carboxylic acid groups (broad SMARTS) is 1. The fraction of sp³-hybridized carbons (Fsp3) is 0.417. The number of carbonyl (C=O) groups is 1. The van der Waals surface area contributed by atoms with E-state index in [9.17, 15) is 13.2 Å². The van der Waals surface area contributed by atoms with E-state index >= 15 is 0 Å². The molecule has 0 aromatic heterocycles. The molecule has 1 N–H and O–H groups in total. The molecular formula is C12H15NO5S. The number of hydrogen-bond donors (Lipinski definition) is 1. The van der Waals surface area contributed by atoms with Gasteiger partial charge in [-0.1, -0.05) is 12.1 Å². The third-order valence-corrected chi connectivity index (χ3v) is 5.09. The number of para-hydroxylation sites is 1. The number of rotatable bonds is 4. The average molecular weight is 285 g/mol. The quantitative estimate of drug-likeness (QED) is 0.884. The lowest BCUT2D eigenvalue weighted by atomic mass is 10.1. The zero-order chi connectivity index (χ0) is 14.0. The summed E-state index contributed by atoms with van der Waals surface area (Å²) < 4.78 is 31.1. The Morgan fingerprint density at radius 3 is 2.68 bits per heavy atom. The van der Waals surface area contributed by atoms with Crippen LogP contribution in [0.2, 0.25) is 0 Å². The standard InChI is InChI=1S/C12H15NO5S/c1-18-10-4-2-3-5-11(10)19(16,17)13-7-6-9(8-13)12(14)15/h2-5,9H,6-8H2,1H3,(H,14,15). The Bertz CT molecular complexity index is 584. The van der Waals surface area contributed by atoms with Crippen LogP contribution in [0.4, 0.5) is 0 Å². The normalized spacial score (nSPS) is 20.4. The molecule has 1 unspecified atom stereocenters. The number of aliphatic carboxylic acids is 1. The minimum absolute atomic E-state index is 0.00964. The van der Waals surface area contributed by atoms with E-state index in [2.05, 4.69) is 0 Å². The van der Waals surface area contributed by atoms with Gasteiger partial charge in [0.1, 0.15) is 10.6 Å². The molecule has 6 nitrogen and oxygen atoms in total. The predicted molar refractivity (Wildman–Crippen MR) is 67.5 cm³/mol. The summed E-state index contributed by atoms with van der Waals surface area (Å²) in [6, 6.07) is 6.32. The Kier molecular flexibility index (Phi) is 3.77. The Morgan fingerprint density at radius 2 is 2.11 bits per heavy atom. The average Bonchev–Trinajstić information content (AvgIpc) is 2.89. The van der Waals surface area contributed by atoms with Crippen molar-refractivity contribution in [3.8, 4) is 5.75 Å². The monoisotopic (exact) mass is 285 g/mol. The van der Waals surface area contributed by atoms with E-state index in [0.717, 1.165) is 0 Å². The van der Waals surface area contributed by atoms with Crippen molar-refractivity contribution in [3.05, 3.63) is 24.3 Å². The fourth-order valence-electron chi connectivity index (χ4n) is 2.12. The summed E-state index contributed by atoms with van der Waals surface area (Å²) in [6.45, 7) is 0.229. The number of nitrogens with zero attached hydrogens (tertiary/aromatic N) is 1. The van der Waals surface area contributed by atoms with Crippen molar-refractivity contribution in [2.24, 2.45) is 5.92 Å². The summed E-state index contributed by atoms with van der Waals surface area (Å²) in [4.78, 5) is 11.0. The van der Waals surface area contributed by atoms with E-state index in [4.69, 9.17) is 9.84 Å². The van der Waals surface area contributed by atoms with E-state index in [0.29, 0.717) is 6.42 Å². The molecule has 0 radical (unpaired) electrons. The van der Waals surface area contributed by atoms with Crippen molar-refractivity contribution in [3.63, 3.8) is 0 Å². The van der Waals surface area contributed by atoms with Gasteiger partial charge in [0, 0.05) is 13.1 Å². The van der Waals surface area contributed by atoms with Gasteiger partial charge in [-0.15, -0.1) is 0 Å². The molecule has 1 saturated heterocycles. The second kappa shape index (κ2) is 5.18. The lowest BCUT2D eigenvalue weighted by molar-refractivity contribution is -0.141. The van der Waals surface area contributed by atoms with Gasteiger partial charge in [0.15, 0.2) is 0 Å². The van der Waals surface area contributed by atoms with E-state index in [-0.39, 0.29) is 23.7 Å². The van der Waals surface area contributed by atoms with Crippen molar-refractivity contribution >= 4 is 16.0 Å². The summed E-state index contributed by atoms with van der Waals surface area (Å²) in [7, 11) is -2.30. The van der Waals surface area contributed by atoms with Gasteiger partial charge in [0.05, 0.1) is 13.0 Å². The van der Waals surface area contributed by atoms with Crippen LogP contribution >= 0.6 is 0 Å². The number of benzene rings is 1. The van der Waals surface area contributed by atoms with Crippen molar-refractivity contribution < 1.29 is 23.1 Å². The third kappa shape index (κ3) is 2.57. The summed E-state index contributed by atoms with van der Waals surface area (Å²) in [5, 5.41) is 8.92. The zero-order valence-electron chi connectivity index (χ0n) is 10.4. The van der Waals surface area contributed by atoms with Crippen LogP contribution in [0.15, 0.2) is 29.2 Å². The highest BCUT2D eigenvalue weighted by Crippen LogP contribution is 2.29. The van der Waals surface area contributed by atoms with Gasteiger partial charge in [0.25, 0.3) is 0 Å². The van der Waals surface area contributed by atoms with Crippen molar-refractivity contribution in [2.75, 3.05) is 20.2 Å². The van der Waals surface area contributed by atoms with Crippen LogP contribution in [0.1, 0.15) is 6.42 Å². The van der Waals surface area contributed by atoms with E-state index in [1.807, 2.05) is 0 Å². The van der Waals surface area contributed by atoms with Crippen molar-refractivity contribution in [1.82, 2.24) is 4.31 Å². The highest BCUT2D eigenvalue weighted by molar-refractivity contribution is 7.89. The van der Waals surface area contributed by atoms with Crippen LogP contribution in [0.25, 0.3) is 0 Å². The molecule has 2 rings (SSSR count). The first-order valence-electron chi connectivity index (χ1n) is 5.83. The van der Waals surface area contributed by atoms with Gasteiger partial charge < -0.3 is 9.84 Å². The molecule has 7 heteroatoms. The molecule has 0 saturated carbocycles. The summed E-state index contributed by atoms with van der Waals surface area (Å²) in [5.74, 6) is -1.33. The predicted octanol–water partition coefficient (Wildman–Crippen LogP) is 0.790. The molecule has 1 fully saturated rings. The number of methoxy groups -OCH3 is 1. The fourth-order valence-corrected chi connectivity index (χ4v) is 3.78. The highest BCUT2D eigenvalue weighted by atomic mass is 32.2. The van der Waals surface area contributed by atoms with Gasteiger partial charge >= 0.3 is 5.97 Å². The van der Waals surface area contributed by atoms with Crippen LogP contribution in [0.3, 0.4) is 0 Å². The Hall–Kier alpha value is -1.60. The van der Waals surface area contributed by atoms with Crippen LogP contribution in [-0.4, -0.2) is 44.0 Å². The molecule has 1 heterocycles. The van der Waals surface area contributed by atoms with Gasteiger partial charge in [-0.05, 0) is 18.6 Å². The first-order valence-corrected chi connectivity index (χ1v) is 7.27. The van der Waals surface area contributed by atoms with Crippen LogP contribution in [0, 0.1) is 5.92 Å². The van der Waals surface area contributed by atoms with E-state index in [1.54, 1.807) is 18.2 Å². The van der Waals surface area contributed by atoms with E-state index in [1.165, 1.54) is 17.5 Å². The SMILES string of the molecule is COc1ccccc1S(=O)(=O)N1CCC(C(=O)O)C1. The molecule has 0 bridgehead atoms. The minimum atomic E-state index is -3.70. The van der Waals surface area contributed by atoms with Gasteiger partial charge in [-0.25, -0.2) is 8.42 Å². The topological polar surface area (TPSA) is 83.9 Å². The first kappa shape index (κ1) is 13.8. The van der Waals surface area contributed by atoms with Gasteiger partial charge in [-0.2, -0.15) is 4.31 Å². The van der Waals surface area contributed by atoms with Crippen LogP contribution < -0.4 is 4.74 Å². The molecule has 19 heavy (non-hydrogen) atoms. The summed E-state index contributed by atoms with van der Waals surface area (Å²) in [5.41, 5.74) is 0. The van der Waals surface area contributed by atoms with Gasteiger partial charge in [-0.3, -0.25) is 4.79 Å². The first-order chi connectivity index (χ1) is 8.96. The van der Waals surface area contributed by atoms with Crippen LogP contribution in [0.5, 0.6) is 5.75 Å². The molecule has 0 aliphatic carbocycles. The smallest absolute Gasteiger partial charge is 0.307 e. The number of ether oxygens (including phenoxy) is 1. The maximum atomic E-state index is 12.4. The second-order valence-electron chi connectivity index (χ2n) is 4.34. The molecule has 1 atom stereocenters. The lowest BCUT2D eigenvalue weighted by Gasteiger charge is -2.17.